The minimum atomic E-state index is -2.13. The molecule has 0 N–H and O–H groups in total. The maximum Gasteiger partial charge on any atom is 0.218 e. The molecule has 0 bridgehead atoms. The van der Waals surface area contributed by atoms with E-state index in [2.05, 4.69) is 82.7 Å². The van der Waals surface area contributed by atoms with Crippen LogP contribution in [0.3, 0.4) is 0 Å². The molecule has 0 aliphatic heterocycles. The number of fused-ring (bicyclic) bond motifs is 5. The molecule has 4 heterocycles. The van der Waals surface area contributed by atoms with Crippen molar-refractivity contribution in [1.29, 1.82) is 0 Å². The summed E-state index contributed by atoms with van der Waals surface area (Å²) in [6.07, 6.45) is 1.89. The van der Waals surface area contributed by atoms with Crippen LogP contribution in [0.2, 0.25) is 19.6 Å². The van der Waals surface area contributed by atoms with Gasteiger partial charge in [0.25, 0.3) is 0 Å². The van der Waals surface area contributed by atoms with E-state index in [4.69, 9.17) is 14.9 Å². The summed E-state index contributed by atoms with van der Waals surface area (Å²) in [7, 11) is -1.61. The van der Waals surface area contributed by atoms with Crippen LogP contribution in [0.15, 0.2) is 126 Å². The SMILES string of the molecule is Fc1ccc2c(n1)oc1c(-c3nc4cc5ccccc5cc4n3Cc3ccccc3)[c-]ccc12.[2H]C([2H])([2H])c1c[c-]c(-c2cc(C([2H])(C)C)c([Si](C)(C)C)cn2)cc1.[Ir]. The molecule has 5 nitrogen and oxygen atoms in total. The average Bonchev–Trinajstić information content (AvgIpc) is 3.73. The van der Waals surface area contributed by atoms with Gasteiger partial charge in [-0.2, -0.15) is 9.37 Å². The van der Waals surface area contributed by atoms with Crippen molar-refractivity contribution in [3.8, 4) is 22.6 Å². The molecule has 5 aromatic carbocycles. The summed E-state index contributed by atoms with van der Waals surface area (Å²) >= 11 is 0. The normalized spacial score (nSPS) is 13.1. The fraction of sp³-hybridized carbons (Fsp3) is 0.170. The van der Waals surface area contributed by atoms with Crippen molar-refractivity contribution in [2.45, 2.75) is 52.8 Å². The van der Waals surface area contributed by atoms with Gasteiger partial charge in [0, 0.05) is 43.7 Å². The third kappa shape index (κ3) is 7.68. The minimum Gasteiger partial charge on any atom is -0.486 e. The summed E-state index contributed by atoms with van der Waals surface area (Å²) in [5.41, 5.74) is 7.42. The van der Waals surface area contributed by atoms with E-state index < -0.39 is 26.8 Å². The number of hydrogen-bond donors (Lipinski definition) is 0. The molecule has 8 heteroatoms. The molecule has 0 saturated heterocycles. The molecule has 9 rings (SSSR count). The van der Waals surface area contributed by atoms with Gasteiger partial charge in [-0.1, -0.05) is 118 Å². The van der Waals surface area contributed by atoms with Crippen LogP contribution < -0.4 is 5.19 Å². The van der Waals surface area contributed by atoms with Crippen LogP contribution in [0, 0.1) is 24.9 Å². The molecular formula is C47H41FIrN4OSi-2. The number of furan rings is 1. The first kappa shape index (κ1) is 33.1. The molecule has 9 aromatic rings. The Hall–Kier alpha value is -5.27. The van der Waals surface area contributed by atoms with Crippen molar-refractivity contribution in [1.82, 2.24) is 19.5 Å². The van der Waals surface area contributed by atoms with Crippen molar-refractivity contribution in [3.63, 3.8) is 0 Å². The number of benzene rings is 5. The summed E-state index contributed by atoms with van der Waals surface area (Å²) in [5.74, 6) is -0.536. The van der Waals surface area contributed by atoms with Gasteiger partial charge in [-0.15, -0.1) is 53.6 Å². The number of imidazole rings is 1. The predicted molar refractivity (Wildman–Crippen MR) is 222 cm³/mol. The Balaban J connectivity index is 0.000000188. The standard InChI is InChI=1S/C29H17FN3O.C18H24NSi.Ir/c30-26-14-13-22-21-11-6-12-23(27(21)34-29(22)32-26)28-31-24-15-19-9-4-5-10-20(19)16-25(24)33(28)17-18-7-2-1-3-8-18;1-13(2)16-11-17(15-9-7-14(3)8-10-15)19-12-18(16)20(4,5)6;/h1-11,13-16H,17H2;7-9,11-13H,1-6H3;/q2*-1;/i;3D3,13D;. The second-order valence-corrected chi connectivity index (χ2v) is 19.8. The number of rotatable bonds is 6. The van der Waals surface area contributed by atoms with Crippen molar-refractivity contribution < 1.29 is 34.4 Å². The zero-order valence-corrected chi connectivity index (χ0v) is 34.6. The van der Waals surface area contributed by atoms with Gasteiger partial charge in [0.2, 0.25) is 11.7 Å². The van der Waals surface area contributed by atoms with E-state index in [1.165, 1.54) is 17.3 Å². The van der Waals surface area contributed by atoms with Gasteiger partial charge in [-0.3, -0.25) is 4.98 Å². The Labute approximate surface area is 341 Å². The molecule has 277 valence electrons. The van der Waals surface area contributed by atoms with Crippen molar-refractivity contribution in [3.05, 3.63) is 156 Å². The largest absolute Gasteiger partial charge is 0.486 e. The zero-order chi connectivity index (χ0) is 41.0. The van der Waals surface area contributed by atoms with E-state index in [0.717, 1.165) is 66.4 Å². The molecular weight excluding hydrogens is 876 g/mol. The van der Waals surface area contributed by atoms with Gasteiger partial charge < -0.3 is 14.0 Å². The summed E-state index contributed by atoms with van der Waals surface area (Å²) in [6.45, 7) is 9.03. The Morgan fingerprint density at radius 2 is 1.64 bits per heavy atom. The number of halogens is 1. The van der Waals surface area contributed by atoms with Crippen molar-refractivity contribution in [2.24, 2.45) is 0 Å². The maximum atomic E-state index is 13.8. The van der Waals surface area contributed by atoms with Gasteiger partial charge in [0.05, 0.1) is 30.5 Å². The molecule has 1 radical (unpaired) electrons. The summed E-state index contributed by atoms with van der Waals surface area (Å²) in [6, 6.07) is 42.9. The average molecular weight is 921 g/mol. The molecule has 4 aromatic heterocycles. The summed E-state index contributed by atoms with van der Waals surface area (Å²) < 4.78 is 52.8. The van der Waals surface area contributed by atoms with E-state index in [9.17, 15) is 4.39 Å². The molecule has 0 fully saturated rings. The number of hydrogen-bond acceptors (Lipinski definition) is 4. The monoisotopic (exact) mass is 921 g/mol. The van der Waals surface area contributed by atoms with Crippen LogP contribution >= 0.6 is 0 Å². The van der Waals surface area contributed by atoms with Crippen molar-refractivity contribution in [2.75, 3.05) is 0 Å². The Morgan fingerprint density at radius 3 is 2.35 bits per heavy atom. The van der Waals surface area contributed by atoms with E-state index in [1.807, 2.05) is 68.6 Å². The molecule has 0 aliphatic carbocycles. The summed E-state index contributed by atoms with van der Waals surface area (Å²) in [5, 5.41) is 5.10. The van der Waals surface area contributed by atoms with E-state index in [1.54, 1.807) is 18.2 Å². The molecule has 0 amide bonds. The fourth-order valence-electron chi connectivity index (χ4n) is 6.89. The van der Waals surface area contributed by atoms with Gasteiger partial charge >= 0.3 is 0 Å². The first-order valence-electron chi connectivity index (χ1n) is 19.9. The van der Waals surface area contributed by atoms with Crippen LogP contribution in [-0.2, 0) is 26.7 Å². The molecule has 0 unspecified atom stereocenters. The van der Waals surface area contributed by atoms with Gasteiger partial charge in [0.15, 0.2) is 0 Å². The van der Waals surface area contributed by atoms with Crippen LogP contribution in [-0.4, -0.2) is 27.6 Å². The Kier molecular flexibility index (Phi) is 9.30. The van der Waals surface area contributed by atoms with E-state index in [-0.39, 0.29) is 31.4 Å². The van der Waals surface area contributed by atoms with Crippen LogP contribution in [0.4, 0.5) is 4.39 Å². The number of pyridine rings is 2. The third-order valence-electron chi connectivity index (χ3n) is 9.63. The topological polar surface area (TPSA) is 56.7 Å². The van der Waals surface area contributed by atoms with Gasteiger partial charge in [-0.05, 0) is 57.4 Å². The maximum absolute atomic E-state index is 13.8. The number of aromatic nitrogens is 4. The zero-order valence-electron chi connectivity index (χ0n) is 35.2. The number of aryl methyl sites for hydroxylation is 1. The van der Waals surface area contributed by atoms with E-state index in [0.29, 0.717) is 12.1 Å². The van der Waals surface area contributed by atoms with E-state index >= 15 is 0 Å². The molecule has 55 heavy (non-hydrogen) atoms. The third-order valence-corrected chi connectivity index (χ3v) is 11.6. The Morgan fingerprint density at radius 1 is 0.873 bits per heavy atom. The Bertz CT molecular complexity index is 2950. The quantitative estimate of drug-likeness (QED) is 0.0947. The van der Waals surface area contributed by atoms with Crippen molar-refractivity contribution >= 4 is 57.1 Å². The molecule has 0 aliphatic rings. The van der Waals surface area contributed by atoms with Crippen LogP contribution in [0.5, 0.6) is 0 Å². The first-order valence-corrected chi connectivity index (χ1v) is 21.4. The van der Waals surface area contributed by atoms with Crippen LogP contribution in [0.25, 0.3) is 66.5 Å². The molecule has 0 spiro atoms. The predicted octanol–water partition coefficient (Wildman–Crippen LogP) is 11.7. The van der Waals surface area contributed by atoms with Gasteiger partial charge in [-0.25, -0.2) is 0 Å². The first-order chi connectivity index (χ1) is 27.5. The fourth-order valence-corrected chi connectivity index (χ4v) is 8.47. The second-order valence-electron chi connectivity index (χ2n) is 14.7. The second kappa shape index (κ2) is 15.5. The molecule has 0 atom stereocenters. The minimum absolute atomic E-state index is 0. The summed E-state index contributed by atoms with van der Waals surface area (Å²) in [4.78, 5) is 13.5. The molecule has 0 saturated carbocycles. The van der Waals surface area contributed by atoms with Crippen LogP contribution in [0.1, 0.15) is 41.9 Å². The van der Waals surface area contributed by atoms with Gasteiger partial charge in [0.1, 0.15) is 0 Å². The number of nitrogens with zero attached hydrogens (tertiary/aromatic N) is 4. The smallest absolute Gasteiger partial charge is 0.218 e.